The zero-order valence-corrected chi connectivity index (χ0v) is 10.2. The van der Waals surface area contributed by atoms with Crippen LogP contribution in [0.25, 0.3) is 0 Å². The first-order valence-corrected chi connectivity index (χ1v) is 3.82. The Labute approximate surface area is 94.2 Å². The van der Waals surface area contributed by atoms with E-state index in [1.54, 1.807) is 18.2 Å². The van der Waals surface area contributed by atoms with E-state index >= 15 is 0 Å². The Balaban J connectivity index is -0.0000000164. The second-order valence-electron chi connectivity index (χ2n) is 1.22. The Morgan fingerprint density at radius 2 is 0.533 bits per heavy atom. The summed E-state index contributed by atoms with van der Waals surface area (Å²) < 4.78 is 0. The quantitative estimate of drug-likeness (QED) is 0.585. The van der Waals surface area contributed by atoms with E-state index in [0.29, 0.717) is 0 Å². The molecule has 0 aliphatic rings. The Hall–Kier alpha value is -1.77. The molecule has 0 N–H and O–H groups in total. The third kappa shape index (κ3) is 409. The third-order valence-electron chi connectivity index (χ3n) is 0. The molecule has 0 aromatic rings. The third-order valence-corrected chi connectivity index (χ3v) is 0. The summed E-state index contributed by atoms with van der Waals surface area (Å²) in [7, 11) is 0. The molecule has 90 valence electrons. The highest BCUT2D eigenvalue weighted by Gasteiger charge is 1.15. The molecule has 0 aliphatic carbocycles. The van der Waals surface area contributed by atoms with Gasteiger partial charge in [-0.1, -0.05) is 18.2 Å². The van der Waals surface area contributed by atoms with Crippen LogP contribution >= 0.6 is 0 Å². The van der Waals surface area contributed by atoms with Gasteiger partial charge >= 0.3 is 0 Å². The van der Waals surface area contributed by atoms with Crippen molar-refractivity contribution in [2.24, 2.45) is 0 Å². The molecule has 0 spiro atoms. The van der Waals surface area contributed by atoms with Gasteiger partial charge in [0.1, 0.15) is 20.4 Å². The summed E-state index contributed by atoms with van der Waals surface area (Å²) in [4.78, 5) is 24.0. The predicted molar refractivity (Wildman–Crippen MR) is 69.0 cm³/mol. The van der Waals surface area contributed by atoms with Crippen LogP contribution in [0.4, 0.5) is 0 Å². The molecule has 3 heteroatoms. The predicted octanol–water partition coefficient (Wildman–Crippen LogP) is 3.02. The summed E-state index contributed by atoms with van der Waals surface area (Å²) in [6, 6.07) is 0. The van der Waals surface area contributed by atoms with Crippen LogP contribution in [0.3, 0.4) is 0 Å². The van der Waals surface area contributed by atoms with Crippen LogP contribution in [-0.2, 0) is 14.4 Å². The lowest BCUT2D eigenvalue weighted by Gasteiger charge is -1.31. The number of rotatable bonds is 0. The molecular formula is C12H24O3. The minimum atomic E-state index is 1.75. The highest BCUT2D eigenvalue weighted by atomic mass is 16.1. The van der Waals surface area contributed by atoms with Crippen LogP contribution in [0.1, 0.15) is 20.8 Å². The molecule has 0 saturated heterocycles. The molecule has 0 aromatic carbocycles. The largest absolute Gasteiger partial charge is 0.307 e. The first-order chi connectivity index (χ1) is 7.24. The summed E-state index contributed by atoms with van der Waals surface area (Å²) in [6.07, 6.45) is 5.25. The summed E-state index contributed by atoms with van der Waals surface area (Å²) in [5.74, 6) is 0. The van der Waals surface area contributed by atoms with Crippen molar-refractivity contribution in [3.05, 3.63) is 38.0 Å². The van der Waals surface area contributed by atoms with Gasteiger partial charge in [0.05, 0.1) is 0 Å². The molecule has 0 atom stereocenters. The van der Waals surface area contributed by atoms with Gasteiger partial charge in [-0.05, 0) is 20.8 Å². The van der Waals surface area contributed by atoms with E-state index < -0.39 is 0 Å². The van der Waals surface area contributed by atoms with Crippen molar-refractivity contribution in [3.63, 3.8) is 0 Å². The van der Waals surface area contributed by atoms with Gasteiger partial charge in [-0.15, -0.1) is 19.7 Å². The monoisotopic (exact) mass is 216 g/mol. The molecule has 0 aromatic heterocycles. The number of allylic oxidation sites excluding steroid dienone is 3. The Morgan fingerprint density at radius 3 is 0.533 bits per heavy atom. The van der Waals surface area contributed by atoms with Gasteiger partial charge in [-0.25, -0.2) is 0 Å². The number of hydrogen-bond acceptors (Lipinski definition) is 3. The van der Waals surface area contributed by atoms with E-state index in [0.717, 1.165) is 0 Å². The molecule has 0 rings (SSSR count). The Morgan fingerprint density at radius 1 is 0.533 bits per heavy atom. The van der Waals surface area contributed by atoms with E-state index in [-0.39, 0.29) is 0 Å². The number of carbonyl (C=O) groups excluding carboxylic acids is 3. The first kappa shape index (κ1) is 37.9. The van der Waals surface area contributed by atoms with Gasteiger partial charge in [0.15, 0.2) is 0 Å². The van der Waals surface area contributed by atoms with Gasteiger partial charge in [0.25, 0.3) is 0 Å². The van der Waals surface area contributed by atoms with E-state index in [9.17, 15) is 0 Å². The topological polar surface area (TPSA) is 51.2 Å². The van der Waals surface area contributed by atoms with Gasteiger partial charge in [-0.2, -0.15) is 0 Å². The molecule has 0 fully saturated rings. The molecule has 0 aliphatic heterocycles. The molecule has 0 radical (unpaired) electrons. The standard InChI is InChI=1S/3C3H6.3CH2O/c3*1-3-2;3*1-2/h3*3H,1H2,2H3;3*1H2. The number of carbonyl (C=O) groups is 3. The van der Waals surface area contributed by atoms with Crippen molar-refractivity contribution in [2.45, 2.75) is 20.8 Å². The maximum Gasteiger partial charge on any atom is 0.106 e. The van der Waals surface area contributed by atoms with Crippen molar-refractivity contribution < 1.29 is 14.4 Å². The lowest BCUT2D eigenvalue weighted by molar-refractivity contribution is -0.0987. The maximum absolute atomic E-state index is 8.00. The van der Waals surface area contributed by atoms with Crippen molar-refractivity contribution >= 4 is 20.4 Å². The van der Waals surface area contributed by atoms with Crippen molar-refractivity contribution in [1.29, 1.82) is 0 Å². The zero-order valence-electron chi connectivity index (χ0n) is 10.2. The fraction of sp³-hybridized carbons (Fsp3) is 0.250. The summed E-state index contributed by atoms with van der Waals surface area (Å²) >= 11 is 0. The molecule has 3 nitrogen and oxygen atoms in total. The summed E-state index contributed by atoms with van der Waals surface area (Å²) in [5.41, 5.74) is 0. The van der Waals surface area contributed by atoms with E-state index in [4.69, 9.17) is 14.4 Å². The fourth-order valence-corrected chi connectivity index (χ4v) is 0. The zero-order chi connectivity index (χ0) is 14.1. The van der Waals surface area contributed by atoms with Crippen LogP contribution in [0.5, 0.6) is 0 Å². The second kappa shape index (κ2) is 1020. The van der Waals surface area contributed by atoms with Crippen LogP contribution in [0.15, 0.2) is 38.0 Å². The van der Waals surface area contributed by atoms with Crippen LogP contribution in [0.2, 0.25) is 0 Å². The minimum Gasteiger partial charge on any atom is -0.307 e. The fourth-order valence-electron chi connectivity index (χ4n) is 0. The molecule has 0 bridgehead atoms. The van der Waals surface area contributed by atoms with Crippen LogP contribution in [0, 0.1) is 0 Å². The second-order valence-corrected chi connectivity index (χ2v) is 1.22. The molecule has 0 heterocycles. The Bertz CT molecular complexity index is 71.8. The Kier molecular flexibility index (Phi) is 2570. The lowest BCUT2D eigenvalue weighted by atomic mass is 10.8. The molecule has 0 saturated carbocycles. The molecular weight excluding hydrogens is 192 g/mol. The van der Waals surface area contributed by atoms with E-state index in [1.165, 1.54) is 0 Å². The summed E-state index contributed by atoms with van der Waals surface area (Å²) in [5, 5.41) is 0. The van der Waals surface area contributed by atoms with E-state index in [1.807, 2.05) is 41.1 Å². The van der Waals surface area contributed by atoms with Crippen molar-refractivity contribution in [2.75, 3.05) is 0 Å². The van der Waals surface area contributed by atoms with Crippen molar-refractivity contribution in [1.82, 2.24) is 0 Å². The smallest absolute Gasteiger partial charge is 0.106 e. The maximum atomic E-state index is 8.00. The lowest BCUT2D eigenvalue weighted by Crippen LogP contribution is -1.07. The SMILES string of the molecule is C=CC.C=CC.C=CC.C=O.C=O.C=O. The molecule has 15 heavy (non-hydrogen) atoms. The molecule has 0 unspecified atom stereocenters. The van der Waals surface area contributed by atoms with Gasteiger partial charge < -0.3 is 14.4 Å². The minimum absolute atomic E-state index is 1.75. The highest BCUT2D eigenvalue weighted by Crippen LogP contribution is 1.38. The van der Waals surface area contributed by atoms with Crippen LogP contribution < -0.4 is 0 Å². The average molecular weight is 216 g/mol. The highest BCUT2D eigenvalue weighted by molar-refractivity contribution is 5.11. The average Bonchev–Trinajstić information content (AvgIpc) is 2.29. The van der Waals surface area contributed by atoms with Crippen LogP contribution in [-0.4, -0.2) is 20.4 Å². The number of hydrogen-bond donors (Lipinski definition) is 0. The molecule has 0 amide bonds. The van der Waals surface area contributed by atoms with Gasteiger partial charge in [0, 0.05) is 0 Å². The van der Waals surface area contributed by atoms with E-state index in [2.05, 4.69) is 19.7 Å². The van der Waals surface area contributed by atoms with Gasteiger partial charge in [-0.3, -0.25) is 0 Å². The summed E-state index contributed by atoms with van der Waals surface area (Å²) in [6.45, 7) is 21.8. The first-order valence-electron chi connectivity index (χ1n) is 3.82. The van der Waals surface area contributed by atoms with Crippen molar-refractivity contribution in [3.8, 4) is 0 Å². The normalized spacial score (nSPS) is 3.40. The van der Waals surface area contributed by atoms with Gasteiger partial charge in [0.2, 0.25) is 0 Å².